The molecule has 1 saturated carbocycles. The molecule has 0 heterocycles. The molecule has 47 heavy (non-hydrogen) atoms. The van der Waals surface area contributed by atoms with E-state index in [-0.39, 0.29) is 25.4 Å². The summed E-state index contributed by atoms with van der Waals surface area (Å²) in [7, 11) is 0. The van der Waals surface area contributed by atoms with E-state index in [2.05, 4.69) is 29.1 Å². The van der Waals surface area contributed by atoms with Gasteiger partial charge in [-0.1, -0.05) is 85.7 Å². The molecule has 1 fully saturated rings. The van der Waals surface area contributed by atoms with Gasteiger partial charge >= 0.3 is 5.97 Å². The smallest absolute Gasteiger partial charge is 0.309 e. The fourth-order valence-corrected chi connectivity index (χ4v) is 6.04. The Hall–Kier alpha value is -4.76. The Labute approximate surface area is 276 Å². The minimum absolute atomic E-state index is 0.156. The molecule has 4 rings (SSSR count). The molecule has 3 atom stereocenters. The molecule has 9 heteroatoms. The fraction of sp³-hybridized carbons (Fsp3) is 0.368. The molecular weight excluding hydrogens is 594 g/mol. The summed E-state index contributed by atoms with van der Waals surface area (Å²) in [6, 6.07) is 21.5. The number of benzene rings is 3. The third-order valence-electron chi connectivity index (χ3n) is 8.67. The highest BCUT2D eigenvalue weighted by Gasteiger charge is 2.36. The van der Waals surface area contributed by atoms with Crippen molar-refractivity contribution in [3.63, 3.8) is 0 Å². The third-order valence-corrected chi connectivity index (χ3v) is 8.67. The predicted molar refractivity (Wildman–Crippen MR) is 183 cm³/mol. The second kappa shape index (κ2) is 17.2. The quantitative estimate of drug-likeness (QED) is 0.118. The van der Waals surface area contributed by atoms with E-state index in [1.54, 1.807) is 18.2 Å². The lowest BCUT2D eigenvalue weighted by Gasteiger charge is -2.29. The first kappa shape index (κ1) is 35.1. The van der Waals surface area contributed by atoms with Gasteiger partial charge in [0.15, 0.2) is 0 Å². The number of anilines is 1. The number of esters is 1. The number of amides is 3. The summed E-state index contributed by atoms with van der Waals surface area (Å²) in [5.41, 5.74) is 0.798. The van der Waals surface area contributed by atoms with Crippen LogP contribution in [0.1, 0.15) is 50.5 Å². The Morgan fingerprint density at radius 1 is 0.851 bits per heavy atom. The van der Waals surface area contributed by atoms with Crippen molar-refractivity contribution in [2.45, 2.75) is 62.9 Å². The van der Waals surface area contributed by atoms with Gasteiger partial charge in [-0.25, -0.2) is 0 Å². The van der Waals surface area contributed by atoms with Gasteiger partial charge in [-0.05, 0) is 60.6 Å². The van der Waals surface area contributed by atoms with Gasteiger partial charge in [-0.15, -0.1) is 13.2 Å². The standard InChI is InChI=1S/C38H45N3O6/c1-3-12-30(24-34(43)41-38(26-42)20-10-11-21-38)35(44)40-33(36(45)39-32-19-18-28-16-8-9-17-29(28)23-32)25-47-37(46)31(13-4-2)22-27-14-6-5-7-15-27/h3-9,14-19,23,30-31,33,42H,1-2,10-13,20-22,24-26H2,(H,39,45)(H,40,44)(H,41,43)/t30-,31-,33-/m0/s1. The van der Waals surface area contributed by atoms with Crippen LogP contribution in [-0.2, 0) is 30.3 Å². The van der Waals surface area contributed by atoms with E-state index < -0.39 is 47.8 Å². The van der Waals surface area contributed by atoms with E-state index in [1.807, 2.05) is 66.7 Å². The summed E-state index contributed by atoms with van der Waals surface area (Å²) in [5, 5.41) is 20.4. The summed E-state index contributed by atoms with van der Waals surface area (Å²) in [4.78, 5) is 53.5. The van der Waals surface area contributed by atoms with Gasteiger partial charge in [0.2, 0.25) is 11.8 Å². The van der Waals surface area contributed by atoms with Crippen LogP contribution in [0.5, 0.6) is 0 Å². The van der Waals surface area contributed by atoms with E-state index in [1.165, 1.54) is 0 Å². The molecule has 0 bridgehead atoms. The molecular formula is C38H45N3O6. The van der Waals surface area contributed by atoms with E-state index >= 15 is 0 Å². The highest BCUT2D eigenvalue weighted by atomic mass is 16.5. The molecule has 4 N–H and O–H groups in total. The molecule has 248 valence electrons. The zero-order valence-electron chi connectivity index (χ0n) is 26.8. The minimum Gasteiger partial charge on any atom is -0.463 e. The third kappa shape index (κ3) is 10.1. The van der Waals surface area contributed by atoms with Gasteiger partial charge in [0.1, 0.15) is 12.6 Å². The van der Waals surface area contributed by atoms with E-state index in [0.717, 1.165) is 29.2 Å². The highest BCUT2D eigenvalue weighted by Crippen LogP contribution is 2.29. The topological polar surface area (TPSA) is 134 Å². The summed E-state index contributed by atoms with van der Waals surface area (Å²) >= 11 is 0. The molecule has 0 aliphatic heterocycles. The molecule has 0 aromatic heterocycles. The van der Waals surface area contributed by atoms with Gasteiger partial charge < -0.3 is 25.8 Å². The number of rotatable bonds is 17. The number of fused-ring (bicyclic) bond motifs is 1. The van der Waals surface area contributed by atoms with E-state index in [9.17, 15) is 24.3 Å². The van der Waals surface area contributed by atoms with Crippen LogP contribution in [0.4, 0.5) is 5.69 Å². The maximum atomic E-state index is 13.6. The number of allylic oxidation sites excluding steroid dienone is 2. The van der Waals surface area contributed by atoms with Crippen molar-refractivity contribution in [3.05, 3.63) is 104 Å². The lowest BCUT2D eigenvalue weighted by Crippen LogP contribution is -2.52. The minimum atomic E-state index is -1.24. The molecule has 0 saturated heterocycles. The monoisotopic (exact) mass is 639 g/mol. The van der Waals surface area contributed by atoms with Crippen molar-refractivity contribution in [2.24, 2.45) is 11.8 Å². The van der Waals surface area contributed by atoms with Gasteiger partial charge in [-0.3, -0.25) is 19.2 Å². The second-order valence-corrected chi connectivity index (χ2v) is 12.3. The summed E-state index contributed by atoms with van der Waals surface area (Å²) in [6.45, 7) is 6.94. The molecule has 3 aromatic carbocycles. The van der Waals surface area contributed by atoms with Crippen LogP contribution < -0.4 is 16.0 Å². The first-order valence-corrected chi connectivity index (χ1v) is 16.2. The molecule has 1 aliphatic carbocycles. The summed E-state index contributed by atoms with van der Waals surface area (Å²) in [6.07, 6.45) is 7.18. The van der Waals surface area contributed by atoms with E-state index in [0.29, 0.717) is 31.4 Å². The number of nitrogens with one attached hydrogen (secondary N) is 3. The maximum absolute atomic E-state index is 13.6. The van der Waals surface area contributed by atoms with Crippen molar-refractivity contribution in [1.82, 2.24) is 10.6 Å². The van der Waals surface area contributed by atoms with Crippen LogP contribution in [0, 0.1) is 11.8 Å². The number of aliphatic hydroxyl groups is 1. The largest absolute Gasteiger partial charge is 0.463 e. The van der Waals surface area contributed by atoms with Crippen LogP contribution in [0.15, 0.2) is 98.1 Å². The van der Waals surface area contributed by atoms with E-state index in [4.69, 9.17) is 4.74 Å². The second-order valence-electron chi connectivity index (χ2n) is 12.3. The maximum Gasteiger partial charge on any atom is 0.309 e. The average Bonchev–Trinajstić information content (AvgIpc) is 3.55. The Bertz CT molecular complexity index is 1550. The zero-order chi connectivity index (χ0) is 33.6. The number of ether oxygens (including phenoxy) is 1. The SMILES string of the molecule is C=CC[C@@H](CC(=O)NC1(CO)CCCC1)C(=O)N[C@@H](COC(=O)[C@@H](CC=C)Cc1ccccc1)C(=O)Nc1ccc2ccccc2c1. The first-order valence-electron chi connectivity index (χ1n) is 16.2. The number of hydrogen-bond donors (Lipinski definition) is 4. The van der Waals surface area contributed by atoms with Crippen LogP contribution in [0.2, 0.25) is 0 Å². The lowest BCUT2D eigenvalue weighted by atomic mass is 9.95. The van der Waals surface area contributed by atoms with Crippen LogP contribution in [-0.4, -0.2) is 53.6 Å². The van der Waals surface area contributed by atoms with Crippen molar-refractivity contribution in [3.8, 4) is 0 Å². The van der Waals surface area contributed by atoms with Gasteiger partial charge in [-0.2, -0.15) is 0 Å². The Kier molecular flexibility index (Phi) is 12.9. The normalized spacial score (nSPS) is 15.5. The Balaban J connectivity index is 1.49. The zero-order valence-corrected chi connectivity index (χ0v) is 26.8. The van der Waals surface area contributed by atoms with Crippen LogP contribution >= 0.6 is 0 Å². The van der Waals surface area contributed by atoms with Crippen LogP contribution in [0.25, 0.3) is 10.8 Å². The average molecular weight is 640 g/mol. The molecule has 1 aliphatic rings. The first-order chi connectivity index (χ1) is 22.8. The molecule has 9 nitrogen and oxygen atoms in total. The number of carbonyl (C=O) groups is 4. The van der Waals surface area contributed by atoms with Gasteiger partial charge in [0, 0.05) is 12.1 Å². The number of aliphatic hydroxyl groups excluding tert-OH is 1. The summed E-state index contributed by atoms with van der Waals surface area (Å²) < 4.78 is 5.67. The van der Waals surface area contributed by atoms with Crippen molar-refractivity contribution < 1.29 is 29.0 Å². The Morgan fingerprint density at radius 3 is 2.19 bits per heavy atom. The summed E-state index contributed by atoms with van der Waals surface area (Å²) in [5.74, 6) is -3.36. The van der Waals surface area contributed by atoms with Gasteiger partial charge in [0.25, 0.3) is 5.91 Å². The molecule has 0 spiro atoms. The highest BCUT2D eigenvalue weighted by molar-refractivity contribution is 5.99. The predicted octanol–water partition coefficient (Wildman–Crippen LogP) is 5.25. The molecule has 3 aromatic rings. The molecule has 3 amide bonds. The number of hydrogen-bond acceptors (Lipinski definition) is 6. The molecule has 0 unspecified atom stereocenters. The van der Waals surface area contributed by atoms with Crippen molar-refractivity contribution in [2.75, 3.05) is 18.5 Å². The van der Waals surface area contributed by atoms with Crippen molar-refractivity contribution in [1.29, 1.82) is 0 Å². The molecule has 0 radical (unpaired) electrons. The van der Waals surface area contributed by atoms with Crippen molar-refractivity contribution >= 4 is 40.2 Å². The Morgan fingerprint density at radius 2 is 1.51 bits per heavy atom. The van der Waals surface area contributed by atoms with Gasteiger partial charge in [0.05, 0.1) is 24.0 Å². The van der Waals surface area contributed by atoms with Crippen LogP contribution in [0.3, 0.4) is 0 Å². The number of carbonyl (C=O) groups excluding carboxylic acids is 4. The fourth-order valence-electron chi connectivity index (χ4n) is 6.04. The lowest BCUT2D eigenvalue weighted by molar-refractivity contribution is -0.150.